The molecule has 0 aromatic carbocycles. The van der Waals surface area contributed by atoms with E-state index in [0.717, 1.165) is 19.3 Å². The van der Waals surface area contributed by atoms with E-state index in [-0.39, 0.29) is 11.0 Å². The first-order valence-corrected chi connectivity index (χ1v) is 8.13. The first-order valence-electron chi connectivity index (χ1n) is 5.61. The molecule has 0 atom stereocenters. The molecule has 0 rings (SSSR count). The lowest BCUT2D eigenvalue weighted by Crippen LogP contribution is -2.39. The Labute approximate surface area is 101 Å². The fourth-order valence-electron chi connectivity index (χ4n) is 1.40. The highest BCUT2D eigenvalue weighted by Crippen LogP contribution is 2.26. The lowest BCUT2D eigenvalue weighted by molar-refractivity contribution is 0.183. The summed E-state index contributed by atoms with van der Waals surface area (Å²) in [5, 5.41) is 0. The molecule has 0 bridgehead atoms. The second kappa shape index (κ2) is 7.60. The van der Waals surface area contributed by atoms with E-state index in [4.69, 9.17) is 8.85 Å². The van der Waals surface area contributed by atoms with Gasteiger partial charge in [0.2, 0.25) is 0 Å². The Hall–Kier alpha value is 0.354. The molecule has 0 aromatic rings. The van der Waals surface area contributed by atoms with Crippen LogP contribution in [-0.2, 0) is 8.85 Å². The summed E-state index contributed by atoms with van der Waals surface area (Å²) >= 11 is 0. The minimum atomic E-state index is -1.86. The van der Waals surface area contributed by atoms with Gasteiger partial charge < -0.3 is 8.85 Å². The van der Waals surface area contributed by atoms with Crippen molar-refractivity contribution in [2.75, 3.05) is 13.2 Å². The summed E-state index contributed by atoms with van der Waals surface area (Å²) in [6, 6.07) is 1.10. The maximum Gasteiger partial charge on any atom is 0.334 e. The maximum atomic E-state index is 5.78. The van der Waals surface area contributed by atoms with E-state index in [1.807, 2.05) is 13.8 Å². The number of rotatable bonds is 6. The van der Waals surface area contributed by atoms with Gasteiger partial charge in [0.15, 0.2) is 0 Å². The highest BCUT2D eigenvalue weighted by molar-refractivity contribution is 6.66. The van der Waals surface area contributed by atoms with Gasteiger partial charge in [-0.1, -0.05) is 20.8 Å². The van der Waals surface area contributed by atoms with Crippen molar-refractivity contribution < 1.29 is 8.85 Å². The zero-order valence-electron chi connectivity index (χ0n) is 10.6. The van der Waals surface area contributed by atoms with Gasteiger partial charge in [-0.2, -0.15) is 0 Å². The third kappa shape index (κ3) is 9.29. The second-order valence-electron chi connectivity index (χ2n) is 5.06. The van der Waals surface area contributed by atoms with Gasteiger partial charge in [0.05, 0.1) is 0 Å². The molecule has 0 amide bonds. The van der Waals surface area contributed by atoms with Crippen molar-refractivity contribution in [2.24, 2.45) is 5.41 Å². The van der Waals surface area contributed by atoms with Crippen LogP contribution in [0.2, 0.25) is 12.6 Å². The summed E-state index contributed by atoms with van der Waals surface area (Å²) in [5.74, 6) is 0. The Kier molecular flexibility index (Phi) is 8.99. The molecule has 15 heavy (non-hydrogen) atoms. The minimum Gasteiger partial charge on any atom is -0.395 e. The van der Waals surface area contributed by atoms with E-state index >= 15 is 0 Å². The van der Waals surface area contributed by atoms with Crippen LogP contribution in [0.25, 0.3) is 0 Å². The Balaban J connectivity index is 0. The SMILES string of the molecule is CCO[Si](C)(CCC(C)(C)C)OCC.[SiH4]. The summed E-state index contributed by atoms with van der Waals surface area (Å²) in [6.45, 7) is 14.6. The highest BCUT2D eigenvalue weighted by atomic mass is 28.4. The van der Waals surface area contributed by atoms with E-state index in [1.165, 1.54) is 6.42 Å². The molecule has 4 heteroatoms. The molecule has 0 saturated heterocycles. The molecule has 0 aromatic heterocycles. The van der Waals surface area contributed by atoms with Crippen LogP contribution in [0.4, 0.5) is 0 Å². The molecule has 0 spiro atoms. The van der Waals surface area contributed by atoms with Crippen molar-refractivity contribution in [3.63, 3.8) is 0 Å². The summed E-state index contributed by atoms with van der Waals surface area (Å²) in [4.78, 5) is 0. The molecular formula is C11H30O2Si2. The lowest BCUT2D eigenvalue weighted by Gasteiger charge is -2.29. The van der Waals surface area contributed by atoms with Crippen LogP contribution < -0.4 is 0 Å². The minimum absolute atomic E-state index is 0. The number of hydrogen-bond donors (Lipinski definition) is 0. The van der Waals surface area contributed by atoms with Gasteiger partial charge in [-0.05, 0) is 49.2 Å². The highest BCUT2D eigenvalue weighted by Gasteiger charge is 2.31. The van der Waals surface area contributed by atoms with Crippen LogP contribution in [0, 0.1) is 5.41 Å². The van der Waals surface area contributed by atoms with Gasteiger partial charge in [0.25, 0.3) is 0 Å². The molecule has 0 aliphatic rings. The van der Waals surface area contributed by atoms with Crippen LogP contribution in [0.3, 0.4) is 0 Å². The molecular weight excluding hydrogens is 220 g/mol. The average Bonchev–Trinajstić information content (AvgIpc) is 2.01. The normalized spacial score (nSPS) is 12.4. The standard InChI is InChI=1S/C11H26O2Si.H4Si/c1-7-12-14(6,13-8-2)10-9-11(3,4)5;/h7-10H2,1-6H3;1H4. The fourth-order valence-corrected chi connectivity index (χ4v) is 4.20. The second-order valence-corrected chi connectivity index (χ2v) is 8.41. The first-order chi connectivity index (χ1) is 6.33. The fraction of sp³-hybridized carbons (Fsp3) is 1.00. The predicted molar refractivity (Wildman–Crippen MR) is 75.1 cm³/mol. The van der Waals surface area contributed by atoms with E-state index in [1.54, 1.807) is 0 Å². The molecule has 0 saturated carbocycles. The predicted octanol–water partition coefficient (Wildman–Crippen LogP) is 2.12. The van der Waals surface area contributed by atoms with E-state index in [9.17, 15) is 0 Å². The van der Waals surface area contributed by atoms with Crippen molar-refractivity contribution in [1.82, 2.24) is 0 Å². The summed E-state index contributed by atoms with van der Waals surface area (Å²) in [7, 11) is -1.86. The van der Waals surface area contributed by atoms with Crippen LogP contribution in [0.1, 0.15) is 41.0 Å². The Morgan fingerprint density at radius 3 is 1.67 bits per heavy atom. The van der Waals surface area contributed by atoms with Gasteiger partial charge in [-0.25, -0.2) is 0 Å². The Morgan fingerprint density at radius 1 is 1.00 bits per heavy atom. The van der Waals surface area contributed by atoms with Crippen LogP contribution in [0.15, 0.2) is 0 Å². The quantitative estimate of drug-likeness (QED) is 0.672. The smallest absolute Gasteiger partial charge is 0.334 e. The molecule has 0 radical (unpaired) electrons. The summed E-state index contributed by atoms with van der Waals surface area (Å²) in [5.41, 5.74) is 0.377. The number of hydrogen-bond acceptors (Lipinski definition) is 2. The van der Waals surface area contributed by atoms with Crippen molar-refractivity contribution in [1.29, 1.82) is 0 Å². The molecule has 2 nitrogen and oxygen atoms in total. The molecule has 94 valence electrons. The Bertz CT molecular complexity index is 149. The van der Waals surface area contributed by atoms with E-state index < -0.39 is 8.56 Å². The van der Waals surface area contributed by atoms with Gasteiger partial charge >= 0.3 is 8.56 Å². The molecule has 0 unspecified atom stereocenters. The molecule has 0 heterocycles. The van der Waals surface area contributed by atoms with Crippen molar-refractivity contribution in [3.05, 3.63) is 0 Å². The summed E-state index contributed by atoms with van der Waals surface area (Å²) in [6.07, 6.45) is 1.18. The summed E-state index contributed by atoms with van der Waals surface area (Å²) < 4.78 is 11.6. The molecule has 0 fully saturated rings. The first kappa shape index (κ1) is 17.7. The monoisotopic (exact) mass is 250 g/mol. The van der Waals surface area contributed by atoms with Crippen molar-refractivity contribution >= 4 is 19.5 Å². The van der Waals surface area contributed by atoms with Crippen molar-refractivity contribution in [2.45, 2.75) is 53.6 Å². The van der Waals surface area contributed by atoms with Gasteiger partial charge in [0.1, 0.15) is 0 Å². The molecule has 0 aliphatic heterocycles. The van der Waals surface area contributed by atoms with Crippen LogP contribution in [0.5, 0.6) is 0 Å². The molecule has 0 N–H and O–H groups in total. The van der Waals surface area contributed by atoms with Gasteiger partial charge in [-0.15, -0.1) is 0 Å². The van der Waals surface area contributed by atoms with Gasteiger partial charge in [-0.3, -0.25) is 0 Å². The maximum absolute atomic E-state index is 5.78. The molecule has 0 aliphatic carbocycles. The average molecular weight is 251 g/mol. The van der Waals surface area contributed by atoms with E-state index in [0.29, 0.717) is 5.41 Å². The van der Waals surface area contributed by atoms with Crippen LogP contribution in [-0.4, -0.2) is 32.7 Å². The lowest BCUT2D eigenvalue weighted by atomic mass is 9.94. The third-order valence-corrected chi connectivity index (χ3v) is 5.19. The topological polar surface area (TPSA) is 18.5 Å². The Morgan fingerprint density at radius 2 is 1.40 bits per heavy atom. The van der Waals surface area contributed by atoms with Gasteiger partial charge in [0, 0.05) is 13.2 Å². The van der Waals surface area contributed by atoms with Crippen molar-refractivity contribution in [3.8, 4) is 0 Å². The van der Waals surface area contributed by atoms with Crippen LogP contribution >= 0.6 is 0 Å². The largest absolute Gasteiger partial charge is 0.395 e. The van der Waals surface area contributed by atoms with E-state index in [2.05, 4.69) is 27.3 Å². The third-order valence-electron chi connectivity index (χ3n) is 2.23. The zero-order chi connectivity index (χ0) is 11.2. The zero-order valence-corrected chi connectivity index (χ0v) is 11.6.